The van der Waals surface area contributed by atoms with Gasteiger partial charge >= 0.3 is 0 Å². The van der Waals surface area contributed by atoms with Crippen LogP contribution in [0.1, 0.15) is 24.1 Å². The van der Waals surface area contributed by atoms with Crippen LogP contribution in [0, 0.1) is 12.8 Å². The Hall–Kier alpha value is -3.14. The van der Waals surface area contributed by atoms with E-state index in [1.807, 2.05) is 31.2 Å². The van der Waals surface area contributed by atoms with Crippen LogP contribution >= 0.6 is 0 Å². The molecule has 2 aromatic carbocycles. The molecule has 1 aliphatic heterocycles. The summed E-state index contributed by atoms with van der Waals surface area (Å²) < 4.78 is 6.11. The molecule has 1 fully saturated rings. The molecule has 3 aromatic rings. The Morgan fingerprint density at radius 3 is 2.59 bits per heavy atom. The molecular weight excluding hydrogens is 360 g/mol. The van der Waals surface area contributed by atoms with Crippen molar-refractivity contribution < 1.29 is 9.53 Å². The zero-order valence-electron chi connectivity index (χ0n) is 16.8. The van der Waals surface area contributed by atoms with Crippen LogP contribution in [0.2, 0.25) is 0 Å². The number of piperidine rings is 1. The van der Waals surface area contributed by atoms with Crippen LogP contribution < -0.4 is 9.64 Å². The number of ether oxygens (including phenoxy) is 1. The summed E-state index contributed by atoms with van der Waals surface area (Å²) in [5.74, 6) is 0.861. The third-order valence-electron chi connectivity index (χ3n) is 5.47. The van der Waals surface area contributed by atoms with Crippen LogP contribution in [-0.4, -0.2) is 24.4 Å². The van der Waals surface area contributed by atoms with E-state index in [1.165, 1.54) is 5.69 Å². The Morgan fingerprint density at radius 1 is 1.03 bits per heavy atom. The minimum absolute atomic E-state index is 0.203. The lowest BCUT2D eigenvalue weighted by atomic mass is 9.97. The van der Waals surface area contributed by atoms with E-state index in [-0.39, 0.29) is 5.92 Å². The van der Waals surface area contributed by atoms with Crippen molar-refractivity contribution in [1.29, 1.82) is 0 Å². The maximum absolute atomic E-state index is 11.0. The van der Waals surface area contributed by atoms with Gasteiger partial charge in [0.25, 0.3) is 0 Å². The number of anilines is 1. The molecule has 4 rings (SSSR count). The van der Waals surface area contributed by atoms with Gasteiger partial charge in [-0.3, -0.25) is 0 Å². The first kappa shape index (κ1) is 19.2. The second-order valence-electron chi connectivity index (χ2n) is 7.59. The number of rotatable bonds is 6. The molecule has 29 heavy (non-hydrogen) atoms. The van der Waals surface area contributed by atoms with Gasteiger partial charge < -0.3 is 14.4 Å². The SMILES string of the molecule is Cc1ccc(-c2cccc(N3CCC(C=O)CC3)c2)c(OCc2ccccc2)n1. The second kappa shape index (κ2) is 8.91. The van der Waals surface area contributed by atoms with E-state index in [4.69, 9.17) is 4.74 Å². The summed E-state index contributed by atoms with van der Waals surface area (Å²) in [4.78, 5) is 18.0. The molecule has 1 aromatic heterocycles. The predicted molar refractivity (Wildman–Crippen MR) is 116 cm³/mol. The van der Waals surface area contributed by atoms with Gasteiger partial charge in [-0.1, -0.05) is 42.5 Å². The lowest BCUT2D eigenvalue weighted by Gasteiger charge is -2.31. The van der Waals surface area contributed by atoms with Crippen molar-refractivity contribution in [3.05, 3.63) is 78.0 Å². The Morgan fingerprint density at radius 2 is 1.83 bits per heavy atom. The second-order valence-corrected chi connectivity index (χ2v) is 7.59. The van der Waals surface area contributed by atoms with Crippen LogP contribution in [-0.2, 0) is 11.4 Å². The molecule has 1 saturated heterocycles. The van der Waals surface area contributed by atoms with E-state index in [0.717, 1.165) is 54.6 Å². The number of hydrogen-bond acceptors (Lipinski definition) is 4. The highest BCUT2D eigenvalue weighted by atomic mass is 16.5. The summed E-state index contributed by atoms with van der Waals surface area (Å²) in [6.45, 7) is 4.29. The van der Waals surface area contributed by atoms with E-state index in [0.29, 0.717) is 12.5 Å². The molecule has 4 nitrogen and oxygen atoms in total. The van der Waals surface area contributed by atoms with E-state index in [9.17, 15) is 4.79 Å². The Balaban J connectivity index is 1.57. The quantitative estimate of drug-likeness (QED) is 0.556. The summed E-state index contributed by atoms with van der Waals surface area (Å²) in [6.07, 6.45) is 2.94. The number of pyridine rings is 1. The van der Waals surface area contributed by atoms with Gasteiger partial charge in [0.1, 0.15) is 12.9 Å². The van der Waals surface area contributed by atoms with Crippen LogP contribution in [0.4, 0.5) is 5.69 Å². The van der Waals surface area contributed by atoms with Crippen LogP contribution in [0.5, 0.6) is 5.88 Å². The average molecular weight is 386 g/mol. The van der Waals surface area contributed by atoms with Crippen molar-refractivity contribution in [2.45, 2.75) is 26.4 Å². The fourth-order valence-corrected chi connectivity index (χ4v) is 3.75. The molecule has 0 N–H and O–H groups in total. The number of hydrogen-bond donors (Lipinski definition) is 0. The summed E-state index contributed by atoms with van der Waals surface area (Å²) in [7, 11) is 0. The lowest BCUT2D eigenvalue weighted by Crippen LogP contribution is -2.34. The third kappa shape index (κ3) is 4.65. The number of aryl methyl sites for hydroxylation is 1. The fourth-order valence-electron chi connectivity index (χ4n) is 3.75. The van der Waals surface area contributed by atoms with Gasteiger partial charge in [-0.2, -0.15) is 0 Å². The van der Waals surface area contributed by atoms with E-state index >= 15 is 0 Å². The monoisotopic (exact) mass is 386 g/mol. The molecule has 0 radical (unpaired) electrons. The molecule has 4 heteroatoms. The number of carbonyl (C=O) groups excluding carboxylic acids is 1. The van der Waals surface area contributed by atoms with E-state index in [1.54, 1.807) is 0 Å². The van der Waals surface area contributed by atoms with E-state index < -0.39 is 0 Å². The molecule has 0 saturated carbocycles. The summed E-state index contributed by atoms with van der Waals surface area (Å²) in [5, 5.41) is 0. The molecule has 0 amide bonds. The molecule has 0 atom stereocenters. The number of nitrogens with zero attached hydrogens (tertiary/aromatic N) is 2. The molecule has 0 bridgehead atoms. The van der Waals surface area contributed by atoms with Gasteiger partial charge in [0.2, 0.25) is 5.88 Å². The van der Waals surface area contributed by atoms with Crippen molar-refractivity contribution in [3.8, 4) is 17.0 Å². The molecule has 0 unspecified atom stereocenters. The van der Waals surface area contributed by atoms with Crippen molar-refractivity contribution in [1.82, 2.24) is 4.98 Å². The van der Waals surface area contributed by atoms with Crippen molar-refractivity contribution in [2.75, 3.05) is 18.0 Å². The highest BCUT2D eigenvalue weighted by Crippen LogP contribution is 2.32. The molecule has 148 valence electrons. The van der Waals surface area contributed by atoms with Gasteiger partial charge in [-0.15, -0.1) is 0 Å². The Bertz CT molecular complexity index is 964. The minimum Gasteiger partial charge on any atom is -0.472 e. The van der Waals surface area contributed by atoms with E-state index in [2.05, 4.69) is 52.3 Å². The zero-order chi connectivity index (χ0) is 20.1. The number of carbonyl (C=O) groups is 1. The average Bonchev–Trinajstić information content (AvgIpc) is 2.78. The Labute approximate surface area is 172 Å². The maximum atomic E-state index is 11.0. The number of aldehydes is 1. The molecule has 1 aliphatic rings. The highest BCUT2D eigenvalue weighted by molar-refractivity contribution is 5.72. The minimum atomic E-state index is 0.203. The van der Waals surface area contributed by atoms with Gasteiger partial charge in [-0.05, 0) is 55.2 Å². The van der Waals surface area contributed by atoms with Crippen molar-refractivity contribution in [2.24, 2.45) is 5.92 Å². The predicted octanol–water partition coefficient (Wildman–Crippen LogP) is 5.05. The van der Waals surface area contributed by atoms with Gasteiger partial charge in [0.15, 0.2) is 0 Å². The first-order chi connectivity index (χ1) is 14.2. The fraction of sp³-hybridized carbons (Fsp3) is 0.280. The Kier molecular flexibility index (Phi) is 5.89. The number of aromatic nitrogens is 1. The standard InChI is InChI=1S/C25H26N2O2/c1-19-10-11-24(25(26-19)29-18-21-6-3-2-4-7-21)22-8-5-9-23(16-22)27-14-12-20(17-28)13-15-27/h2-11,16-17,20H,12-15,18H2,1H3. The van der Waals surface area contributed by atoms with Crippen LogP contribution in [0.25, 0.3) is 11.1 Å². The number of benzene rings is 2. The molecule has 0 aliphatic carbocycles. The smallest absolute Gasteiger partial charge is 0.221 e. The lowest BCUT2D eigenvalue weighted by molar-refractivity contribution is -0.111. The normalized spacial score (nSPS) is 14.6. The van der Waals surface area contributed by atoms with Crippen LogP contribution in [0.15, 0.2) is 66.7 Å². The zero-order valence-corrected chi connectivity index (χ0v) is 16.8. The summed E-state index contributed by atoms with van der Waals surface area (Å²) in [6, 6.07) is 22.8. The topological polar surface area (TPSA) is 42.4 Å². The first-order valence-electron chi connectivity index (χ1n) is 10.2. The van der Waals surface area contributed by atoms with Crippen molar-refractivity contribution >= 4 is 12.0 Å². The molecule has 2 heterocycles. The molecular formula is C25H26N2O2. The summed E-state index contributed by atoms with van der Waals surface area (Å²) in [5.41, 5.74) is 5.32. The van der Waals surface area contributed by atoms with Gasteiger partial charge in [-0.25, -0.2) is 4.98 Å². The maximum Gasteiger partial charge on any atom is 0.221 e. The molecule has 0 spiro atoms. The largest absolute Gasteiger partial charge is 0.472 e. The summed E-state index contributed by atoms with van der Waals surface area (Å²) >= 11 is 0. The van der Waals surface area contributed by atoms with Gasteiger partial charge in [0.05, 0.1) is 0 Å². The van der Waals surface area contributed by atoms with Crippen LogP contribution in [0.3, 0.4) is 0 Å². The third-order valence-corrected chi connectivity index (χ3v) is 5.47. The van der Waals surface area contributed by atoms with Crippen molar-refractivity contribution in [3.63, 3.8) is 0 Å². The van der Waals surface area contributed by atoms with Gasteiger partial charge in [0, 0.05) is 36.0 Å². The highest BCUT2D eigenvalue weighted by Gasteiger charge is 2.19. The first-order valence-corrected chi connectivity index (χ1v) is 10.2.